The molecule has 6 heteroatoms. The molecule has 0 unspecified atom stereocenters. The van der Waals surface area contributed by atoms with Crippen molar-refractivity contribution in [1.29, 1.82) is 5.26 Å². The van der Waals surface area contributed by atoms with E-state index in [1.165, 1.54) is 0 Å². The van der Waals surface area contributed by atoms with Crippen LogP contribution in [0.3, 0.4) is 0 Å². The summed E-state index contributed by atoms with van der Waals surface area (Å²) in [6.45, 7) is 5.39. The highest BCUT2D eigenvalue weighted by Crippen LogP contribution is 2.44. The number of hydrogen-bond donors (Lipinski definition) is 1. The van der Waals surface area contributed by atoms with Crippen LogP contribution >= 0.6 is 0 Å². The lowest BCUT2D eigenvalue weighted by Gasteiger charge is -2.36. The first-order valence-corrected chi connectivity index (χ1v) is 9.74. The standard InChI is InChI=1S/C21H28N6/c1-4-15(5-2)13-27(3)19-10-17(21(14-22)7-6-8-21)9-18(26-19)16-11-24-20(23)25-12-16/h9-12,15H,4-8,13H2,1-3H3,(H2,23,24,25). The van der Waals surface area contributed by atoms with Gasteiger partial charge < -0.3 is 10.6 Å². The van der Waals surface area contributed by atoms with E-state index in [9.17, 15) is 5.26 Å². The molecule has 0 atom stereocenters. The smallest absolute Gasteiger partial charge is 0.219 e. The van der Waals surface area contributed by atoms with Gasteiger partial charge in [-0.25, -0.2) is 15.0 Å². The Morgan fingerprint density at radius 3 is 2.41 bits per heavy atom. The fraction of sp³-hybridized carbons (Fsp3) is 0.524. The molecule has 0 amide bonds. The molecule has 1 fully saturated rings. The third-order valence-electron chi connectivity index (χ3n) is 5.83. The van der Waals surface area contributed by atoms with Crippen LogP contribution in [0.1, 0.15) is 51.5 Å². The molecule has 142 valence electrons. The normalized spacial score (nSPS) is 15.2. The predicted octanol–water partition coefficient (Wildman–Crippen LogP) is 3.94. The number of nitrogens with two attached hydrogens (primary N) is 1. The van der Waals surface area contributed by atoms with Crippen molar-refractivity contribution in [2.75, 3.05) is 24.2 Å². The van der Waals surface area contributed by atoms with E-state index in [-0.39, 0.29) is 5.95 Å². The van der Waals surface area contributed by atoms with Crippen molar-refractivity contribution in [2.45, 2.75) is 51.4 Å². The van der Waals surface area contributed by atoms with Crippen LogP contribution in [-0.4, -0.2) is 28.5 Å². The van der Waals surface area contributed by atoms with Gasteiger partial charge in [0.15, 0.2) is 0 Å². The van der Waals surface area contributed by atoms with Crippen LogP contribution < -0.4 is 10.6 Å². The van der Waals surface area contributed by atoms with Gasteiger partial charge in [-0.15, -0.1) is 0 Å². The highest BCUT2D eigenvalue weighted by atomic mass is 15.2. The second-order valence-corrected chi connectivity index (χ2v) is 7.54. The van der Waals surface area contributed by atoms with Gasteiger partial charge in [0.1, 0.15) is 5.82 Å². The van der Waals surface area contributed by atoms with Crippen LogP contribution in [0.25, 0.3) is 11.3 Å². The molecule has 0 radical (unpaired) electrons. The fourth-order valence-corrected chi connectivity index (χ4v) is 3.63. The van der Waals surface area contributed by atoms with Crippen LogP contribution in [0.5, 0.6) is 0 Å². The summed E-state index contributed by atoms with van der Waals surface area (Å²) in [4.78, 5) is 15.3. The Balaban J connectivity index is 2.03. The lowest BCUT2D eigenvalue weighted by molar-refractivity contribution is 0.324. The molecule has 1 aliphatic rings. The maximum atomic E-state index is 9.81. The summed E-state index contributed by atoms with van der Waals surface area (Å²) in [6, 6.07) is 6.66. The molecule has 2 N–H and O–H groups in total. The van der Waals surface area contributed by atoms with Crippen LogP contribution in [-0.2, 0) is 5.41 Å². The molecule has 0 aromatic carbocycles. The Morgan fingerprint density at radius 1 is 1.22 bits per heavy atom. The van der Waals surface area contributed by atoms with Gasteiger partial charge in [-0.05, 0) is 42.9 Å². The minimum absolute atomic E-state index is 0.244. The second kappa shape index (κ2) is 7.91. The molecular weight excluding hydrogens is 336 g/mol. The number of rotatable bonds is 7. The Labute approximate surface area is 161 Å². The van der Waals surface area contributed by atoms with Gasteiger partial charge in [-0.1, -0.05) is 26.7 Å². The molecule has 0 saturated heterocycles. The van der Waals surface area contributed by atoms with E-state index in [2.05, 4.69) is 47.9 Å². The summed E-state index contributed by atoms with van der Waals surface area (Å²) < 4.78 is 0. The van der Waals surface area contributed by atoms with E-state index in [0.717, 1.165) is 61.3 Å². The summed E-state index contributed by atoms with van der Waals surface area (Å²) in [5, 5.41) is 9.81. The molecule has 2 aromatic heterocycles. The molecule has 6 nitrogen and oxygen atoms in total. The molecule has 2 aromatic rings. The van der Waals surface area contributed by atoms with E-state index in [1.807, 2.05) is 6.07 Å². The van der Waals surface area contributed by atoms with Crippen molar-refractivity contribution in [2.24, 2.45) is 5.92 Å². The summed E-state index contributed by atoms with van der Waals surface area (Å²) in [6.07, 6.45) is 8.57. The quantitative estimate of drug-likeness (QED) is 0.800. The Bertz CT molecular complexity index is 816. The third-order valence-corrected chi connectivity index (χ3v) is 5.83. The zero-order valence-corrected chi connectivity index (χ0v) is 16.4. The topological polar surface area (TPSA) is 91.7 Å². The van der Waals surface area contributed by atoms with Crippen LogP contribution in [0, 0.1) is 17.2 Å². The van der Waals surface area contributed by atoms with Crippen molar-refractivity contribution >= 4 is 11.8 Å². The lowest BCUT2D eigenvalue weighted by atomic mass is 9.65. The molecule has 3 rings (SSSR count). The van der Waals surface area contributed by atoms with Gasteiger partial charge in [-0.2, -0.15) is 5.26 Å². The van der Waals surface area contributed by atoms with Gasteiger partial charge >= 0.3 is 0 Å². The third kappa shape index (κ3) is 3.87. The largest absolute Gasteiger partial charge is 0.368 e. The highest BCUT2D eigenvalue weighted by molar-refractivity contribution is 5.63. The number of nitrogen functional groups attached to an aromatic ring is 1. The van der Waals surface area contributed by atoms with E-state index < -0.39 is 5.41 Å². The first kappa shape index (κ1) is 19.1. The monoisotopic (exact) mass is 364 g/mol. The number of hydrogen-bond acceptors (Lipinski definition) is 6. The molecule has 1 saturated carbocycles. The van der Waals surface area contributed by atoms with E-state index >= 15 is 0 Å². The van der Waals surface area contributed by atoms with Gasteiger partial charge in [0.25, 0.3) is 0 Å². The Morgan fingerprint density at radius 2 is 1.89 bits per heavy atom. The first-order chi connectivity index (χ1) is 13.0. The van der Waals surface area contributed by atoms with Gasteiger partial charge in [0.2, 0.25) is 5.95 Å². The average molecular weight is 364 g/mol. The van der Waals surface area contributed by atoms with E-state index in [4.69, 9.17) is 10.7 Å². The van der Waals surface area contributed by atoms with Gasteiger partial charge in [0, 0.05) is 31.5 Å². The zero-order chi connectivity index (χ0) is 19.4. The number of pyridine rings is 1. The first-order valence-electron chi connectivity index (χ1n) is 9.74. The van der Waals surface area contributed by atoms with Crippen LogP contribution in [0.15, 0.2) is 24.5 Å². The van der Waals surface area contributed by atoms with Crippen LogP contribution in [0.2, 0.25) is 0 Å². The SMILES string of the molecule is CCC(CC)CN(C)c1cc(C2(C#N)CCC2)cc(-c2cnc(N)nc2)n1. The van der Waals surface area contributed by atoms with Crippen molar-refractivity contribution in [3.05, 3.63) is 30.1 Å². The summed E-state index contributed by atoms with van der Waals surface area (Å²) in [5.41, 5.74) is 7.89. The summed E-state index contributed by atoms with van der Waals surface area (Å²) in [5.74, 6) is 1.76. The zero-order valence-electron chi connectivity index (χ0n) is 16.4. The molecule has 0 spiro atoms. The predicted molar refractivity (Wildman–Crippen MR) is 108 cm³/mol. The van der Waals surface area contributed by atoms with Crippen LogP contribution in [0.4, 0.5) is 11.8 Å². The fourth-order valence-electron chi connectivity index (χ4n) is 3.63. The summed E-state index contributed by atoms with van der Waals surface area (Å²) >= 11 is 0. The minimum Gasteiger partial charge on any atom is -0.368 e. The number of aromatic nitrogens is 3. The maximum Gasteiger partial charge on any atom is 0.219 e. The molecule has 27 heavy (non-hydrogen) atoms. The Hall–Kier alpha value is -2.68. The molecule has 0 bridgehead atoms. The van der Waals surface area contributed by atoms with Gasteiger partial charge in [-0.3, -0.25) is 0 Å². The minimum atomic E-state index is -0.392. The molecule has 0 aliphatic heterocycles. The number of nitriles is 1. The molecule has 1 aliphatic carbocycles. The van der Waals surface area contributed by atoms with Crippen molar-refractivity contribution in [3.63, 3.8) is 0 Å². The molecule has 2 heterocycles. The number of anilines is 2. The van der Waals surface area contributed by atoms with Crippen molar-refractivity contribution in [1.82, 2.24) is 15.0 Å². The van der Waals surface area contributed by atoms with E-state index in [0.29, 0.717) is 5.92 Å². The van der Waals surface area contributed by atoms with Gasteiger partial charge in [0.05, 0.1) is 17.2 Å². The molecular formula is C21H28N6. The Kier molecular flexibility index (Phi) is 5.59. The lowest BCUT2D eigenvalue weighted by Crippen LogP contribution is -2.33. The highest BCUT2D eigenvalue weighted by Gasteiger charge is 2.39. The van der Waals surface area contributed by atoms with E-state index in [1.54, 1.807) is 12.4 Å². The second-order valence-electron chi connectivity index (χ2n) is 7.54. The number of nitrogens with zero attached hydrogens (tertiary/aromatic N) is 5. The summed E-state index contributed by atoms with van der Waals surface area (Å²) in [7, 11) is 2.08. The maximum absolute atomic E-state index is 9.81. The van der Waals surface area contributed by atoms with Crippen molar-refractivity contribution in [3.8, 4) is 17.3 Å². The van der Waals surface area contributed by atoms with Crippen molar-refractivity contribution < 1.29 is 0 Å². The average Bonchev–Trinajstić information content (AvgIpc) is 2.66.